The smallest absolute Gasteiger partial charge is 0.377 e. The van der Waals surface area contributed by atoms with Gasteiger partial charge in [-0.15, -0.1) is 23.1 Å². The maximum atomic E-state index is 12.4. The summed E-state index contributed by atoms with van der Waals surface area (Å²) in [5, 5.41) is 3.27. The van der Waals surface area contributed by atoms with Crippen LogP contribution in [0.4, 0.5) is 18.9 Å². The van der Waals surface area contributed by atoms with Gasteiger partial charge in [0.1, 0.15) is 0 Å². The number of aromatic nitrogens is 1. The van der Waals surface area contributed by atoms with Crippen molar-refractivity contribution in [1.29, 1.82) is 0 Å². The van der Waals surface area contributed by atoms with Crippen molar-refractivity contribution in [3.05, 3.63) is 40.3 Å². The van der Waals surface area contributed by atoms with Gasteiger partial charge in [0.15, 0.2) is 0 Å². The molecule has 2 nitrogen and oxygen atoms in total. The summed E-state index contributed by atoms with van der Waals surface area (Å²) in [6.07, 6.45) is -4.17. The molecule has 2 aromatic rings. The van der Waals surface area contributed by atoms with Crippen LogP contribution in [-0.2, 0) is 0 Å². The standard InChI is InChI=1S/C14H15F3N2S2/c1-9-13(21-8-18-9)10(2)19-11-5-3-4-6-12(11)20-7-14(15,16)17/h3-6,8,10,19H,7H2,1-2H3. The molecule has 1 unspecified atom stereocenters. The van der Waals surface area contributed by atoms with Crippen LogP contribution in [0.3, 0.4) is 0 Å². The Morgan fingerprint density at radius 1 is 1.33 bits per heavy atom. The molecule has 0 radical (unpaired) electrons. The van der Waals surface area contributed by atoms with E-state index in [2.05, 4.69) is 10.3 Å². The fourth-order valence-corrected chi connectivity index (χ4v) is 3.48. The van der Waals surface area contributed by atoms with E-state index in [0.717, 1.165) is 22.3 Å². The Kier molecular flexibility index (Phi) is 5.16. The molecule has 0 amide bonds. The van der Waals surface area contributed by atoms with E-state index in [1.807, 2.05) is 19.9 Å². The maximum Gasteiger partial charge on any atom is 0.398 e. The van der Waals surface area contributed by atoms with Gasteiger partial charge in [0.05, 0.1) is 23.0 Å². The fourth-order valence-electron chi connectivity index (χ4n) is 1.90. The van der Waals surface area contributed by atoms with Gasteiger partial charge >= 0.3 is 6.18 Å². The van der Waals surface area contributed by atoms with Crippen molar-refractivity contribution in [2.24, 2.45) is 0 Å². The molecule has 0 fully saturated rings. The summed E-state index contributed by atoms with van der Waals surface area (Å²) in [6, 6.07) is 7.06. The molecule has 0 spiro atoms. The Labute approximate surface area is 129 Å². The summed E-state index contributed by atoms with van der Waals surface area (Å²) in [4.78, 5) is 5.88. The van der Waals surface area contributed by atoms with Gasteiger partial charge in [-0.1, -0.05) is 12.1 Å². The maximum absolute atomic E-state index is 12.4. The summed E-state index contributed by atoms with van der Waals surface area (Å²) in [7, 11) is 0. The highest BCUT2D eigenvalue weighted by Crippen LogP contribution is 2.34. The highest BCUT2D eigenvalue weighted by molar-refractivity contribution is 7.99. The van der Waals surface area contributed by atoms with Crippen molar-refractivity contribution < 1.29 is 13.2 Å². The van der Waals surface area contributed by atoms with E-state index >= 15 is 0 Å². The number of benzene rings is 1. The van der Waals surface area contributed by atoms with Crippen LogP contribution in [0.15, 0.2) is 34.7 Å². The van der Waals surface area contributed by atoms with Crippen LogP contribution in [-0.4, -0.2) is 16.9 Å². The average Bonchev–Trinajstić information content (AvgIpc) is 2.83. The molecule has 0 aliphatic carbocycles. The van der Waals surface area contributed by atoms with Crippen molar-refractivity contribution in [1.82, 2.24) is 4.98 Å². The van der Waals surface area contributed by atoms with E-state index in [4.69, 9.17) is 0 Å². The lowest BCUT2D eigenvalue weighted by molar-refractivity contribution is -0.105. The number of alkyl halides is 3. The van der Waals surface area contributed by atoms with Gasteiger partial charge in [-0.3, -0.25) is 0 Å². The zero-order valence-electron chi connectivity index (χ0n) is 11.6. The number of thiazole rings is 1. The highest BCUT2D eigenvalue weighted by Gasteiger charge is 2.27. The van der Waals surface area contributed by atoms with Crippen LogP contribution in [0.25, 0.3) is 0 Å². The zero-order chi connectivity index (χ0) is 15.5. The second-order valence-corrected chi connectivity index (χ2v) is 6.47. The molecule has 0 aliphatic rings. The monoisotopic (exact) mass is 332 g/mol. The third-order valence-electron chi connectivity index (χ3n) is 2.83. The van der Waals surface area contributed by atoms with E-state index in [0.29, 0.717) is 10.6 Å². The van der Waals surface area contributed by atoms with Gasteiger partial charge in [-0.2, -0.15) is 13.2 Å². The molecule has 1 aromatic carbocycles. The Morgan fingerprint density at radius 3 is 2.67 bits per heavy atom. The number of hydrogen-bond donors (Lipinski definition) is 1. The molecular weight excluding hydrogens is 317 g/mol. The molecule has 0 bridgehead atoms. The SMILES string of the molecule is Cc1ncsc1C(C)Nc1ccccc1SCC(F)(F)F. The van der Waals surface area contributed by atoms with Crippen LogP contribution in [0.5, 0.6) is 0 Å². The summed E-state index contributed by atoms with van der Waals surface area (Å²) in [5.41, 5.74) is 3.43. The van der Waals surface area contributed by atoms with Crippen LogP contribution >= 0.6 is 23.1 Å². The summed E-state index contributed by atoms with van der Waals surface area (Å²) in [5.74, 6) is -0.889. The Bertz CT molecular complexity index is 596. The van der Waals surface area contributed by atoms with Gasteiger partial charge in [0, 0.05) is 15.5 Å². The Morgan fingerprint density at radius 2 is 2.05 bits per heavy atom. The van der Waals surface area contributed by atoms with E-state index in [1.54, 1.807) is 23.7 Å². The molecule has 0 aliphatic heterocycles. The van der Waals surface area contributed by atoms with Crippen LogP contribution in [0.2, 0.25) is 0 Å². The average molecular weight is 332 g/mol. The zero-order valence-corrected chi connectivity index (χ0v) is 13.2. The molecule has 1 aromatic heterocycles. The van der Waals surface area contributed by atoms with Gasteiger partial charge in [0.2, 0.25) is 0 Å². The molecule has 21 heavy (non-hydrogen) atoms. The number of nitrogens with zero attached hydrogens (tertiary/aromatic N) is 1. The number of thioether (sulfide) groups is 1. The molecule has 2 rings (SSSR count). The second-order valence-electron chi connectivity index (χ2n) is 4.57. The normalized spacial score (nSPS) is 13.2. The van der Waals surface area contributed by atoms with Gasteiger partial charge < -0.3 is 5.32 Å². The van der Waals surface area contributed by atoms with E-state index in [1.165, 1.54) is 11.3 Å². The first-order chi connectivity index (χ1) is 9.87. The van der Waals surface area contributed by atoms with E-state index in [9.17, 15) is 13.2 Å². The van der Waals surface area contributed by atoms with Crippen molar-refractivity contribution in [3.8, 4) is 0 Å². The topological polar surface area (TPSA) is 24.9 Å². The van der Waals surface area contributed by atoms with Crippen molar-refractivity contribution in [2.45, 2.75) is 31.0 Å². The summed E-state index contributed by atoms with van der Waals surface area (Å²) in [6.45, 7) is 3.90. The lowest BCUT2D eigenvalue weighted by Crippen LogP contribution is -2.11. The minimum Gasteiger partial charge on any atom is -0.377 e. The predicted molar refractivity (Wildman–Crippen MR) is 82.1 cm³/mol. The number of hydrogen-bond acceptors (Lipinski definition) is 4. The van der Waals surface area contributed by atoms with E-state index < -0.39 is 11.9 Å². The minimum atomic E-state index is -4.17. The lowest BCUT2D eigenvalue weighted by Gasteiger charge is -2.17. The van der Waals surface area contributed by atoms with Crippen molar-refractivity contribution in [2.75, 3.05) is 11.1 Å². The quantitative estimate of drug-likeness (QED) is 0.754. The largest absolute Gasteiger partial charge is 0.398 e. The van der Waals surface area contributed by atoms with E-state index in [-0.39, 0.29) is 6.04 Å². The molecule has 1 heterocycles. The van der Waals surface area contributed by atoms with Gasteiger partial charge in [-0.25, -0.2) is 4.98 Å². The van der Waals surface area contributed by atoms with Gasteiger partial charge in [0.25, 0.3) is 0 Å². The number of nitrogens with one attached hydrogen (secondary N) is 1. The molecule has 1 atom stereocenters. The number of halogens is 3. The van der Waals surface area contributed by atoms with Crippen LogP contribution in [0, 0.1) is 6.92 Å². The number of aryl methyl sites for hydroxylation is 1. The second kappa shape index (κ2) is 6.70. The first-order valence-electron chi connectivity index (χ1n) is 6.32. The lowest BCUT2D eigenvalue weighted by atomic mass is 10.2. The van der Waals surface area contributed by atoms with Crippen LogP contribution in [0.1, 0.15) is 23.5 Å². The summed E-state index contributed by atoms with van der Waals surface area (Å²) < 4.78 is 37.1. The molecule has 1 N–H and O–H groups in total. The third kappa shape index (κ3) is 4.64. The number of para-hydroxylation sites is 1. The molecule has 0 saturated heterocycles. The van der Waals surface area contributed by atoms with Crippen molar-refractivity contribution >= 4 is 28.8 Å². The summed E-state index contributed by atoms with van der Waals surface area (Å²) >= 11 is 2.34. The van der Waals surface area contributed by atoms with Crippen molar-refractivity contribution in [3.63, 3.8) is 0 Å². The highest BCUT2D eigenvalue weighted by atomic mass is 32.2. The predicted octanol–water partition coefficient (Wildman–Crippen LogP) is 5.28. The number of anilines is 1. The first-order valence-corrected chi connectivity index (χ1v) is 8.18. The molecule has 114 valence electrons. The Hall–Kier alpha value is -1.21. The molecule has 7 heteroatoms. The molecule has 0 saturated carbocycles. The molecular formula is C14H15F3N2S2. The van der Waals surface area contributed by atoms with Gasteiger partial charge in [-0.05, 0) is 26.0 Å². The Balaban J connectivity index is 2.11. The van der Waals surface area contributed by atoms with Crippen LogP contribution < -0.4 is 5.32 Å². The first kappa shape index (κ1) is 16.2. The minimum absolute atomic E-state index is 0.00476. The number of rotatable bonds is 5. The third-order valence-corrected chi connectivity index (χ3v) is 5.08. The fraction of sp³-hybridized carbons (Fsp3) is 0.357.